The molecule has 152 valence electrons. The van der Waals surface area contributed by atoms with Gasteiger partial charge in [0.15, 0.2) is 5.78 Å². The number of ether oxygens (including phenoxy) is 1. The van der Waals surface area contributed by atoms with E-state index in [1.807, 2.05) is 6.92 Å². The number of benzene rings is 1. The molecule has 4 heteroatoms. The Bertz CT molecular complexity index is 801. The second kappa shape index (κ2) is 7.22. The molecule has 0 amide bonds. The maximum absolute atomic E-state index is 11.4. The molecule has 0 bridgehead atoms. The molecule has 2 fully saturated rings. The molecule has 3 aliphatic rings. The minimum atomic E-state index is -0.369. The minimum Gasteiger partial charge on any atom is -0.497 e. The van der Waals surface area contributed by atoms with E-state index >= 15 is 0 Å². The highest BCUT2D eigenvalue weighted by Gasteiger charge is 2.58. The molecule has 4 nitrogen and oxygen atoms in total. The number of carbonyl (C=O) groups is 1. The summed E-state index contributed by atoms with van der Waals surface area (Å²) in [5, 5.41) is 14.6. The van der Waals surface area contributed by atoms with Gasteiger partial charge in [0, 0.05) is 5.70 Å². The Morgan fingerprint density at radius 3 is 2.82 bits per heavy atom. The van der Waals surface area contributed by atoms with Crippen LogP contribution < -0.4 is 10.1 Å². The highest BCUT2D eigenvalue weighted by atomic mass is 16.5. The summed E-state index contributed by atoms with van der Waals surface area (Å²) < 4.78 is 5.42. The molecule has 0 saturated heterocycles. The van der Waals surface area contributed by atoms with E-state index in [2.05, 4.69) is 30.4 Å². The first-order chi connectivity index (χ1) is 13.3. The number of aliphatic hydroxyl groups is 1. The monoisotopic (exact) mass is 383 g/mol. The van der Waals surface area contributed by atoms with Crippen molar-refractivity contribution in [1.29, 1.82) is 0 Å². The van der Waals surface area contributed by atoms with Crippen LogP contribution in [0.15, 0.2) is 30.0 Å². The zero-order chi connectivity index (χ0) is 20.1. The topological polar surface area (TPSA) is 58.6 Å². The fourth-order valence-electron chi connectivity index (χ4n) is 6.48. The maximum Gasteiger partial charge on any atom is 0.154 e. The predicted octanol–water partition coefficient (Wildman–Crippen LogP) is 3.97. The predicted molar refractivity (Wildman–Crippen MR) is 110 cm³/mol. The number of ketones is 1. The normalized spacial score (nSPS) is 36.9. The lowest BCUT2D eigenvalue weighted by atomic mass is 9.55. The Hall–Kier alpha value is -1.81. The Morgan fingerprint density at radius 1 is 1.32 bits per heavy atom. The molecular weight excluding hydrogens is 350 g/mol. The molecular formula is C24H33NO3. The molecule has 0 aromatic heterocycles. The number of hydrogen-bond acceptors (Lipinski definition) is 4. The van der Waals surface area contributed by atoms with Crippen molar-refractivity contribution in [3.63, 3.8) is 0 Å². The van der Waals surface area contributed by atoms with E-state index in [0.29, 0.717) is 17.8 Å². The van der Waals surface area contributed by atoms with Gasteiger partial charge in [0.1, 0.15) is 5.75 Å². The molecule has 0 spiro atoms. The van der Waals surface area contributed by atoms with Crippen LogP contribution in [0.4, 0.5) is 0 Å². The molecule has 4 rings (SSSR count). The van der Waals surface area contributed by atoms with Crippen LogP contribution in [0, 0.1) is 17.3 Å². The third-order valence-corrected chi connectivity index (χ3v) is 7.77. The number of aryl methyl sites for hydroxylation is 1. The summed E-state index contributed by atoms with van der Waals surface area (Å²) in [6.07, 6.45) is 6.72. The van der Waals surface area contributed by atoms with Crippen molar-refractivity contribution in [1.82, 2.24) is 5.32 Å². The lowest BCUT2D eigenvalue weighted by Crippen LogP contribution is -2.46. The van der Waals surface area contributed by atoms with Crippen LogP contribution in [0.25, 0.3) is 0 Å². The second-order valence-electron chi connectivity index (χ2n) is 9.39. The summed E-state index contributed by atoms with van der Waals surface area (Å²) in [5.41, 5.74) is 3.76. The smallest absolute Gasteiger partial charge is 0.154 e. The van der Waals surface area contributed by atoms with Gasteiger partial charge in [-0.1, -0.05) is 13.0 Å². The lowest BCUT2D eigenvalue weighted by molar-refractivity contribution is -0.112. The van der Waals surface area contributed by atoms with Gasteiger partial charge in [-0.15, -0.1) is 0 Å². The number of allylic oxidation sites excluding steroid dienone is 2. The summed E-state index contributed by atoms with van der Waals surface area (Å²) in [7, 11) is 1.73. The lowest BCUT2D eigenvalue weighted by Gasteiger charge is -2.50. The van der Waals surface area contributed by atoms with E-state index in [1.54, 1.807) is 20.1 Å². The fraction of sp³-hybridized carbons (Fsp3) is 0.625. The first kappa shape index (κ1) is 19.5. The Balaban J connectivity index is 1.58. The molecule has 1 aromatic carbocycles. The van der Waals surface area contributed by atoms with Gasteiger partial charge in [0.05, 0.1) is 19.3 Å². The standard InChI is InChI=1S/C24H33NO3/c1-14(11-15(2)26)25-22-13-21-20-7-5-16-12-17(28-4)6-8-18(16)19(20)9-10-24(21,3)23(22)27/h6,8,11-12,19-23,25,27H,5,7,9-10,13H2,1-4H3/b14-11+/t19-,20-,21+,22-,23-,24+/m1/s1. The number of rotatable bonds is 4. The average molecular weight is 384 g/mol. The highest BCUT2D eigenvalue weighted by molar-refractivity contribution is 5.87. The largest absolute Gasteiger partial charge is 0.497 e. The van der Waals surface area contributed by atoms with Gasteiger partial charge in [-0.05, 0) is 98.5 Å². The number of carbonyl (C=O) groups excluding carboxylic acids is 1. The zero-order valence-corrected chi connectivity index (χ0v) is 17.5. The number of nitrogens with one attached hydrogen (secondary N) is 1. The van der Waals surface area contributed by atoms with Crippen molar-refractivity contribution in [3.8, 4) is 5.75 Å². The van der Waals surface area contributed by atoms with Gasteiger partial charge in [-0.3, -0.25) is 4.79 Å². The first-order valence-corrected chi connectivity index (χ1v) is 10.6. The molecule has 6 atom stereocenters. The summed E-state index contributed by atoms with van der Waals surface area (Å²) in [6.45, 7) is 5.77. The van der Waals surface area contributed by atoms with Crippen molar-refractivity contribution in [2.45, 2.75) is 70.9 Å². The average Bonchev–Trinajstić information content (AvgIpc) is 2.91. The zero-order valence-electron chi connectivity index (χ0n) is 17.5. The molecule has 3 aliphatic carbocycles. The molecule has 0 heterocycles. The van der Waals surface area contributed by atoms with Crippen molar-refractivity contribution in [2.75, 3.05) is 7.11 Å². The molecule has 0 aliphatic heterocycles. The molecule has 1 aromatic rings. The number of fused-ring (bicyclic) bond motifs is 5. The van der Waals surface area contributed by atoms with Crippen molar-refractivity contribution in [2.24, 2.45) is 17.3 Å². The van der Waals surface area contributed by atoms with Gasteiger partial charge in [-0.25, -0.2) is 0 Å². The first-order valence-electron chi connectivity index (χ1n) is 10.6. The SMILES string of the molecule is COc1ccc2c(c1)CC[C@@H]1[C@@H]2CC[C@]2(C)[C@H](O)[C@H](N/C(C)=C/C(C)=O)C[C@@H]12. The molecule has 0 radical (unpaired) electrons. The quantitative estimate of drug-likeness (QED) is 0.773. The van der Waals surface area contributed by atoms with Gasteiger partial charge in [0.2, 0.25) is 0 Å². The Kier molecular flexibility index (Phi) is 5.03. The van der Waals surface area contributed by atoms with Crippen molar-refractivity contribution < 1.29 is 14.6 Å². The van der Waals surface area contributed by atoms with Crippen LogP contribution in [0.5, 0.6) is 5.75 Å². The minimum absolute atomic E-state index is 0.0293. The number of methoxy groups -OCH3 is 1. The van der Waals surface area contributed by atoms with Crippen molar-refractivity contribution in [3.05, 3.63) is 41.1 Å². The van der Waals surface area contributed by atoms with Crippen LogP contribution in [-0.2, 0) is 11.2 Å². The third kappa shape index (κ3) is 3.16. The second-order valence-corrected chi connectivity index (χ2v) is 9.39. The molecule has 28 heavy (non-hydrogen) atoms. The van der Waals surface area contributed by atoms with E-state index < -0.39 is 0 Å². The van der Waals surface area contributed by atoms with Gasteiger partial charge < -0.3 is 15.2 Å². The number of hydrogen-bond donors (Lipinski definition) is 2. The third-order valence-electron chi connectivity index (χ3n) is 7.77. The Morgan fingerprint density at radius 2 is 2.11 bits per heavy atom. The van der Waals surface area contributed by atoms with Gasteiger partial charge >= 0.3 is 0 Å². The van der Waals surface area contributed by atoms with E-state index in [9.17, 15) is 9.90 Å². The summed E-state index contributed by atoms with van der Waals surface area (Å²) in [6, 6.07) is 6.61. The fourth-order valence-corrected chi connectivity index (χ4v) is 6.48. The van der Waals surface area contributed by atoms with Crippen molar-refractivity contribution >= 4 is 5.78 Å². The maximum atomic E-state index is 11.4. The van der Waals surface area contributed by atoms with E-state index in [-0.39, 0.29) is 23.3 Å². The van der Waals surface area contributed by atoms with Crippen LogP contribution in [-0.4, -0.2) is 30.1 Å². The summed E-state index contributed by atoms with van der Waals surface area (Å²) in [4.78, 5) is 11.4. The van der Waals surface area contributed by atoms with Crippen LogP contribution >= 0.6 is 0 Å². The highest BCUT2D eigenvalue weighted by Crippen LogP contribution is 2.61. The van der Waals surface area contributed by atoms with Gasteiger partial charge in [0.25, 0.3) is 0 Å². The van der Waals surface area contributed by atoms with Crippen LogP contribution in [0.2, 0.25) is 0 Å². The van der Waals surface area contributed by atoms with Crippen LogP contribution in [0.3, 0.4) is 0 Å². The van der Waals surface area contributed by atoms with Gasteiger partial charge in [-0.2, -0.15) is 0 Å². The number of aliphatic hydroxyl groups excluding tert-OH is 1. The molecule has 2 N–H and O–H groups in total. The van der Waals surface area contributed by atoms with Crippen LogP contribution in [0.1, 0.15) is 63.5 Å². The van der Waals surface area contributed by atoms with E-state index in [1.165, 1.54) is 17.5 Å². The summed E-state index contributed by atoms with van der Waals surface area (Å²) >= 11 is 0. The Labute approximate surface area is 168 Å². The summed E-state index contributed by atoms with van der Waals surface area (Å²) in [5.74, 6) is 2.72. The molecule has 2 saturated carbocycles. The van der Waals surface area contributed by atoms with E-state index in [0.717, 1.165) is 37.1 Å². The molecule has 0 unspecified atom stereocenters. The van der Waals surface area contributed by atoms with E-state index in [4.69, 9.17) is 4.74 Å².